The largest absolute Gasteiger partial charge is 0.419 e. The summed E-state index contributed by atoms with van der Waals surface area (Å²) in [6, 6.07) is 2.83. The number of allylic oxidation sites excluding steroid dienone is 1. The summed E-state index contributed by atoms with van der Waals surface area (Å²) in [4.78, 5) is 13.3. The number of anilines is 1. The highest BCUT2D eigenvalue weighted by Crippen LogP contribution is 2.57. The molecule has 1 aromatic rings. The predicted octanol–water partition coefficient (Wildman–Crippen LogP) is 6.13. The van der Waals surface area contributed by atoms with Gasteiger partial charge in [0, 0.05) is 16.3 Å². The van der Waals surface area contributed by atoms with Crippen LogP contribution < -0.4 is 5.32 Å². The summed E-state index contributed by atoms with van der Waals surface area (Å²) in [7, 11) is -4.03. The first-order valence-corrected chi connectivity index (χ1v) is 11.7. The van der Waals surface area contributed by atoms with Crippen molar-refractivity contribution < 1.29 is 31.6 Å². The highest BCUT2D eigenvalue weighted by atomic mass is 35.5. The Labute approximate surface area is 177 Å². The lowest BCUT2D eigenvalue weighted by atomic mass is 9.84. The van der Waals surface area contributed by atoms with Crippen molar-refractivity contribution in [1.82, 2.24) is 4.90 Å². The summed E-state index contributed by atoms with van der Waals surface area (Å²) in [6.07, 6.45) is -1.83. The van der Waals surface area contributed by atoms with Crippen molar-refractivity contribution in [2.75, 3.05) is 24.8 Å². The molecule has 0 spiro atoms. The Morgan fingerprint density at radius 3 is 2.47 bits per heavy atom. The Bertz CT molecular complexity index is 881. The number of hydrogen-bond donors (Lipinski definition) is 1. The Morgan fingerprint density at radius 2 is 1.93 bits per heavy atom. The Hall–Kier alpha value is -1.54. The van der Waals surface area contributed by atoms with E-state index in [0.717, 1.165) is 18.9 Å². The predicted molar refractivity (Wildman–Crippen MR) is 108 cm³/mol. The molecule has 166 valence electrons. The zero-order valence-electron chi connectivity index (χ0n) is 16.5. The van der Waals surface area contributed by atoms with Crippen LogP contribution in [-0.2, 0) is 19.2 Å². The minimum Gasteiger partial charge on any atom is -0.308 e. The van der Waals surface area contributed by atoms with E-state index >= 15 is 0 Å². The van der Waals surface area contributed by atoms with Gasteiger partial charge in [-0.1, -0.05) is 17.7 Å². The number of rotatable bonds is 8. The molecule has 3 rings (SSSR count). The molecule has 0 radical (unpaired) electrons. The van der Waals surface area contributed by atoms with Crippen molar-refractivity contribution in [1.29, 1.82) is 0 Å². The first kappa shape index (κ1) is 23.1. The minimum absolute atomic E-state index is 0.00397. The van der Waals surface area contributed by atoms with E-state index in [-0.39, 0.29) is 35.4 Å². The molecule has 2 aliphatic rings. The standard InChI is InChI=1S/C19H23ClF3N2O4P/c1-3-28-30(27,29-4-2)12-25-17(26)24-16-8-7-14(20)11-15(16)18(25,19(21,22)23)10-9-13-5-6-13/h7-11,13H,3-6,12H2,1-2H3,(H,24,26)/b10-9+/t18-/m0/s1. The fraction of sp³-hybridized carbons (Fsp3) is 0.526. The fourth-order valence-corrected chi connectivity index (χ4v) is 5.33. The van der Waals surface area contributed by atoms with E-state index in [9.17, 15) is 22.5 Å². The number of alkyl halides is 3. The average Bonchev–Trinajstić information content (AvgIpc) is 3.46. The molecule has 1 atom stereocenters. The van der Waals surface area contributed by atoms with E-state index in [4.69, 9.17) is 20.6 Å². The lowest BCUT2D eigenvalue weighted by molar-refractivity contribution is -0.209. The van der Waals surface area contributed by atoms with Gasteiger partial charge in [-0.05, 0) is 56.9 Å². The van der Waals surface area contributed by atoms with Gasteiger partial charge in [0.15, 0.2) is 5.54 Å². The van der Waals surface area contributed by atoms with E-state index in [0.29, 0.717) is 4.90 Å². The zero-order chi connectivity index (χ0) is 22.2. The SMILES string of the molecule is CCOP(=O)(CN1C(=O)Nc2ccc(Cl)cc2[C@@]1(/C=C/C1CC1)C(F)(F)F)OCC. The number of fused-ring (bicyclic) bond motifs is 1. The van der Waals surface area contributed by atoms with E-state index in [2.05, 4.69) is 5.32 Å². The van der Waals surface area contributed by atoms with Gasteiger partial charge in [0.05, 0.1) is 13.2 Å². The second kappa shape index (κ2) is 8.54. The molecule has 2 amide bonds. The normalized spacial score (nSPS) is 22.3. The van der Waals surface area contributed by atoms with Crippen molar-refractivity contribution in [2.24, 2.45) is 5.92 Å². The van der Waals surface area contributed by atoms with Crippen molar-refractivity contribution in [3.05, 3.63) is 40.9 Å². The van der Waals surface area contributed by atoms with Gasteiger partial charge in [-0.2, -0.15) is 13.2 Å². The third-order valence-corrected chi connectivity index (χ3v) is 7.10. The number of carbonyl (C=O) groups excluding carboxylic acids is 1. The number of nitrogens with zero attached hydrogens (tertiary/aromatic N) is 1. The maximum atomic E-state index is 14.8. The van der Waals surface area contributed by atoms with Crippen molar-refractivity contribution in [3.63, 3.8) is 0 Å². The van der Waals surface area contributed by atoms with Crippen LogP contribution in [0.25, 0.3) is 0 Å². The number of carbonyl (C=O) groups is 1. The number of nitrogens with one attached hydrogen (secondary N) is 1. The van der Waals surface area contributed by atoms with E-state index in [1.807, 2.05) is 0 Å². The van der Waals surface area contributed by atoms with Gasteiger partial charge in [-0.15, -0.1) is 0 Å². The number of amides is 2. The van der Waals surface area contributed by atoms with E-state index < -0.39 is 31.6 Å². The first-order valence-electron chi connectivity index (χ1n) is 9.59. The van der Waals surface area contributed by atoms with Gasteiger partial charge in [-0.25, -0.2) is 4.79 Å². The number of urea groups is 1. The van der Waals surface area contributed by atoms with Crippen LogP contribution in [0.1, 0.15) is 32.3 Å². The number of benzene rings is 1. The lowest BCUT2D eigenvalue weighted by Crippen LogP contribution is -2.61. The Morgan fingerprint density at radius 1 is 1.30 bits per heavy atom. The summed E-state index contributed by atoms with van der Waals surface area (Å²) in [5, 5.41) is 2.52. The minimum atomic E-state index is -4.93. The molecule has 1 N–H and O–H groups in total. The van der Waals surface area contributed by atoms with Gasteiger partial charge in [0.25, 0.3) is 0 Å². The first-order chi connectivity index (χ1) is 14.1. The van der Waals surface area contributed by atoms with Crippen molar-refractivity contribution in [2.45, 2.75) is 38.4 Å². The molecule has 0 saturated heterocycles. The number of hydrogen-bond acceptors (Lipinski definition) is 4. The monoisotopic (exact) mass is 466 g/mol. The van der Waals surface area contributed by atoms with Crippen molar-refractivity contribution >= 4 is 30.9 Å². The smallest absolute Gasteiger partial charge is 0.308 e. The van der Waals surface area contributed by atoms with Crippen molar-refractivity contribution in [3.8, 4) is 0 Å². The van der Waals surface area contributed by atoms with Crippen LogP contribution in [0.2, 0.25) is 5.02 Å². The molecule has 30 heavy (non-hydrogen) atoms. The quantitative estimate of drug-likeness (QED) is 0.369. The highest BCUT2D eigenvalue weighted by molar-refractivity contribution is 7.53. The molecule has 1 fully saturated rings. The molecular weight excluding hydrogens is 444 g/mol. The van der Waals surface area contributed by atoms with Crippen LogP contribution >= 0.6 is 19.2 Å². The van der Waals surface area contributed by atoms with Gasteiger partial charge in [0.2, 0.25) is 0 Å². The third kappa shape index (κ3) is 4.40. The second-order valence-corrected chi connectivity index (χ2v) is 9.55. The molecule has 1 aliphatic heterocycles. The van der Waals surface area contributed by atoms with Gasteiger partial charge in [-0.3, -0.25) is 9.46 Å². The van der Waals surface area contributed by atoms with Crippen LogP contribution in [0.4, 0.5) is 23.7 Å². The summed E-state index contributed by atoms with van der Waals surface area (Å²) in [5.41, 5.74) is -3.14. The Balaban J connectivity index is 2.22. The second-order valence-electron chi connectivity index (χ2n) is 7.10. The molecule has 11 heteroatoms. The van der Waals surface area contributed by atoms with Crippen LogP contribution in [0.15, 0.2) is 30.4 Å². The summed E-state index contributed by atoms with van der Waals surface area (Å²) in [6.45, 7) is 2.99. The molecule has 0 unspecified atom stereocenters. The van der Waals surface area contributed by atoms with Gasteiger partial charge < -0.3 is 14.4 Å². The molecule has 1 saturated carbocycles. The van der Waals surface area contributed by atoms with E-state index in [1.165, 1.54) is 24.3 Å². The van der Waals surface area contributed by atoms with E-state index in [1.54, 1.807) is 13.8 Å². The Kier molecular flexibility index (Phi) is 6.58. The van der Waals surface area contributed by atoms with Crippen LogP contribution in [0.3, 0.4) is 0 Å². The molecule has 0 aromatic heterocycles. The molecule has 0 bridgehead atoms. The fourth-order valence-electron chi connectivity index (χ4n) is 3.43. The van der Waals surface area contributed by atoms with Gasteiger partial charge in [0.1, 0.15) is 6.29 Å². The topological polar surface area (TPSA) is 67.9 Å². The molecule has 1 aromatic carbocycles. The maximum Gasteiger partial charge on any atom is 0.419 e. The summed E-state index contributed by atoms with van der Waals surface area (Å²) in [5.74, 6) is 0.00397. The zero-order valence-corrected chi connectivity index (χ0v) is 18.2. The van der Waals surface area contributed by atoms with Crippen LogP contribution in [0, 0.1) is 5.92 Å². The third-order valence-electron chi connectivity index (χ3n) is 4.93. The maximum absolute atomic E-state index is 14.8. The lowest BCUT2D eigenvalue weighted by Gasteiger charge is -2.47. The van der Waals surface area contributed by atoms with Gasteiger partial charge >= 0.3 is 19.8 Å². The highest BCUT2D eigenvalue weighted by Gasteiger charge is 2.63. The van der Waals surface area contributed by atoms with Crippen LogP contribution in [-0.4, -0.2) is 36.6 Å². The molecule has 6 nitrogen and oxygen atoms in total. The molecule has 1 aliphatic carbocycles. The number of halogens is 4. The van der Waals surface area contributed by atoms with Crippen LogP contribution in [0.5, 0.6) is 0 Å². The molecular formula is C19H23ClF3N2O4P. The molecule has 1 heterocycles. The summed E-state index contributed by atoms with van der Waals surface area (Å²) < 4.78 is 67.7. The average molecular weight is 467 g/mol. The summed E-state index contributed by atoms with van der Waals surface area (Å²) >= 11 is 6.02.